The Hall–Kier alpha value is -4.60. The number of aromatic nitrogens is 4. The van der Waals surface area contributed by atoms with E-state index < -0.39 is 28.9 Å². The van der Waals surface area contributed by atoms with Crippen LogP contribution in [0.4, 0.5) is 5.69 Å². The van der Waals surface area contributed by atoms with Gasteiger partial charge in [0.15, 0.2) is 0 Å². The van der Waals surface area contributed by atoms with Crippen molar-refractivity contribution >= 4 is 11.6 Å². The molecule has 0 aliphatic carbocycles. The molecule has 0 saturated carbocycles. The second-order valence-electron chi connectivity index (χ2n) is 7.58. The molecule has 2 aromatic heterocycles. The van der Waals surface area contributed by atoms with Gasteiger partial charge in [0.2, 0.25) is 0 Å². The van der Waals surface area contributed by atoms with Gasteiger partial charge in [0.05, 0.1) is 18.8 Å². The van der Waals surface area contributed by atoms with E-state index in [1.54, 1.807) is 25.3 Å². The second kappa shape index (κ2) is 8.87. The molecule has 0 aliphatic heterocycles. The molecular weight excluding hydrogens is 424 g/mol. The van der Waals surface area contributed by atoms with Crippen molar-refractivity contribution in [3.63, 3.8) is 0 Å². The first-order valence-electron chi connectivity index (χ1n) is 10.1. The zero-order valence-electron chi connectivity index (χ0n) is 17.7. The number of hydrogen-bond acceptors (Lipinski definition) is 6. The van der Waals surface area contributed by atoms with Crippen LogP contribution < -0.4 is 22.3 Å². The van der Waals surface area contributed by atoms with Gasteiger partial charge in [-0.1, -0.05) is 36.4 Å². The lowest BCUT2D eigenvalue weighted by atomic mass is 10.0. The third-order valence-corrected chi connectivity index (χ3v) is 5.20. The number of phenols is 1. The molecule has 0 bridgehead atoms. The van der Waals surface area contributed by atoms with Crippen LogP contribution in [0.15, 0.2) is 70.5 Å². The van der Waals surface area contributed by atoms with Gasteiger partial charge in [-0.3, -0.25) is 19.3 Å². The topological polar surface area (TPSA) is 159 Å². The Kier molecular flexibility index (Phi) is 5.81. The largest absolute Gasteiger partial charge is 0.508 e. The van der Waals surface area contributed by atoms with Crippen LogP contribution >= 0.6 is 0 Å². The highest BCUT2D eigenvalue weighted by Gasteiger charge is 2.19. The van der Waals surface area contributed by atoms with Crippen molar-refractivity contribution in [3.8, 4) is 16.9 Å². The Labute approximate surface area is 187 Å². The number of aromatic hydroxyl groups is 1. The van der Waals surface area contributed by atoms with E-state index in [9.17, 15) is 19.5 Å². The fourth-order valence-corrected chi connectivity index (χ4v) is 3.47. The maximum Gasteiger partial charge on any atom is 0.326 e. The van der Waals surface area contributed by atoms with Crippen LogP contribution in [0.5, 0.6) is 5.75 Å². The van der Waals surface area contributed by atoms with Gasteiger partial charge in [-0.25, -0.2) is 4.79 Å². The number of H-pyrrole nitrogens is 2. The van der Waals surface area contributed by atoms with Crippen molar-refractivity contribution in [1.29, 1.82) is 0 Å². The summed E-state index contributed by atoms with van der Waals surface area (Å²) in [6, 6.07) is 14.3. The number of nitrogens with zero attached hydrogens (tertiary/aromatic N) is 2. The number of aromatic amines is 2. The van der Waals surface area contributed by atoms with Crippen molar-refractivity contribution < 1.29 is 9.90 Å². The van der Waals surface area contributed by atoms with E-state index >= 15 is 0 Å². The molecule has 2 heterocycles. The monoisotopic (exact) mass is 446 g/mol. The normalized spacial score (nSPS) is 11.8. The molecule has 1 atom stereocenters. The predicted octanol–water partition coefficient (Wildman–Crippen LogP) is 1.75. The quantitative estimate of drug-likeness (QED) is 0.303. The first kappa shape index (κ1) is 21.6. The second-order valence-corrected chi connectivity index (χ2v) is 7.58. The third kappa shape index (κ3) is 4.69. The van der Waals surface area contributed by atoms with Gasteiger partial charge in [-0.15, -0.1) is 0 Å². The van der Waals surface area contributed by atoms with Crippen LogP contribution in [0, 0.1) is 0 Å². The van der Waals surface area contributed by atoms with E-state index in [0.29, 0.717) is 12.1 Å². The number of carbonyl (C=O) groups is 1. The van der Waals surface area contributed by atoms with Crippen molar-refractivity contribution in [2.75, 3.05) is 5.73 Å². The summed E-state index contributed by atoms with van der Waals surface area (Å²) in [6.07, 6.45) is 3.62. The Morgan fingerprint density at radius 2 is 1.91 bits per heavy atom. The first-order valence-corrected chi connectivity index (χ1v) is 10.1. The summed E-state index contributed by atoms with van der Waals surface area (Å²) >= 11 is 0. The van der Waals surface area contributed by atoms with Gasteiger partial charge in [-0.2, -0.15) is 5.10 Å². The van der Waals surface area contributed by atoms with Crippen LogP contribution in [0.25, 0.3) is 11.1 Å². The van der Waals surface area contributed by atoms with Crippen molar-refractivity contribution in [3.05, 3.63) is 98.6 Å². The molecule has 0 fully saturated rings. The van der Waals surface area contributed by atoms with E-state index in [2.05, 4.69) is 15.4 Å². The smallest absolute Gasteiger partial charge is 0.326 e. The van der Waals surface area contributed by atoms with Gasteiger partial charge in [0.25, 0.3) is 11.5 Å². The molecule has 4 aromatic rings. The highest BCUT2D eigenvalue weighted by Crippen LogP contribution is 2.30. The minimum absolute atomic E-state index is 0.0180. The van der Waals surface area contributed by atoms with Gasteiger partial charge in [-0.05, 0) is 30.2 Å². The minimum Gasteiger partial charge on any atom is -0.508 e. The van der Waals surface area contributed by atoms with Gasteiger partial charge >= 0.3 is 5.69 Å². The predicted molar refractivity (Wildman–Crippen MR) is 123 cm³/mol. The van der Waals surface area contributed by atoms with E-state index in [0.717, 1.165) is 16.7 Å². The molecule has 0 spiro atoms. The lowest BCUT2D eigenvalue weighted by Crippen LogP contribution is -2.34. The lowest BCUT2D eigenvalue weighted by Gasteiger charge is -2.17. The van der Waals surface area contributed by atoms with Crippen molar-refractivity contribution in [2.24, 2.45) is 0 Å². The number of phenolic OH excluding ortho intramolecular Hbond substituents is 1. The number of nitrogens with one attached hydrogen (secondary N) is 3. The lowest BCUT2D eigenvalue weighted by molar-refractivity contribution is 0.0935. The SMILES string of the molecule is CC(NC(=O)c1[nH]c(=O)[nH]c(=O)c1N)c1cc(-c2cnn(Cc3ccccc3)c2)ccc1O. The first-order chi connectivity index (χ1) is 15.8. The van der Waals surface area contributed by atoms with Crippen LogP contribution in [-0.4, -0.2) is 30.8 Å². The Morgan fingerprint density at radius 1 is 1.15 bits per heavy atom. The zero-order valence-corrected chi connectivity index (χ0v) is 17.7. The van der Waals surface area contributed by atoms with Crippen molar-refractivity contribution in [2.45, 2.75) is 19.5 Å². The summed E-state index contributed by atoms with van der Waals surface area (Å²) in [5.74, 6) is -0.765. The summed E-state index contributed by atoms with van der Waals surface area (Å²) in [7, 11) is 0. The number of benzene rings is 2. The van der Waals surface area contributed by atoms with Crippen LogP contribution in [0.3, 0.4) is 0 Å². The Balaban J connectivity index is 1.56. The number of anilines is 1. The average molecular weight is 446 g/mol. The molecule has 10 heteroatoms. The number of nitrogen functional groups attached to an aromatic ring is 1. The molecule has 168 valence electrons. The zero-order chi connectivity index (χ0) is 23.5. The van der Waals surface area contributed by atoms with Crippen molar-refractivity contribution in [1.82, 2.24) is 25.1 Å². The highest BCUT2D eigenvalue weighted by atomic mass is 16.3. The summed E-state index contributed by atoms with van der Waals surface area (Å²) in [4.78, 5) is 39.9. The molecule has 1 amide bonds. The number of hydrogen-bond donors (Lipinski definition) is 5. The standard InChI is InChI=1S/C23H22N6O4/c1-13(26-22(32)20-19(24)21(31)28-23(33)27-20)17-9-15(7-8-18(17)30)16-10-25-29(12-16)11-14-5-3-2-4-6-14/h2-10,12-13,30H,11,24H2,1H3,(H,26,32)(H2,27,28,31,33). The average Bonchev–Trinajstić information content (AvgIpc) is 3.25. The highest BCUT2D eigenvalue weighted by molar-refractivity contribution is 5.97. The van der Waals surface area contributed by atoms with Crippen LogP contribution in [0.1, 0.15) is 34.6 Å². The Bertz CT molecular complexity index is 1420. The van der Waals surface area contributed by atoms with Gasteiger partial charge in [0.1, 0.15) is 17.1 Å². The summed E-state index contributed by atoms with van der Waals surface area (Å²) < 4.78 is 1.81. The van der Waals surface area contributed by atoms with Gasteiger partial charge < -0.3 is 21.1 Å². The molecule has 0 aliphatic rings. The number of carbonyl (C=O) groups excluding carboxylic acids is 1. The van der Waals surface area contributed by atoms with E-state index in [1.165, 1.54) is 6.07 Å². The Morgan fingerprint density at radius 3 is 2.67 bits per heavy atom. The molecule has 2 aromatic carbocycles. The molecule has 0 radical (unpaired) electrons. The van der Waals surface area contributed by atoms with Gasteiger partial charge in [0, 0.05) is 17.3 Å². The summed E-state index contributed by atoms with van der Waals surface area (Å²) in [5, 5.41) is 17.4. The molecule has 4 rings (SSSR count). The van der Waals surface area contributed by atoms with Crippen LogP contribution in [-0.2, 0) is 6.54 Å². The fourth-order valence-electron chi connectivity index (χ4n) is 3.47. The van der Waals surface area contributed by atoms with E-state index in [-0.39, 0.29) is 11.4 Å². The van der Waals surface area contributed by atoms with E-state index in [4.69, 9.17) is 5.73 Å². The summed E-state index contributed by atoms with van der Waals surface area (Å²) in [5.41, 5.74) is 6.39. The summed E-state index contributed by atoms with van der Waals surface area (Å²) in [6.45, 7) is 2.28. The minimum atomic E-state index is -0.853. The molecule has 1 unspecified atom stereocenters. The van der Waals surface area contributed by atoms with Crippen LogP contribution in [0.2, 0.25) is 0 Å². The maximum atomic E-state index is 12.6. The number of rotatable bonds is 6. The molecule has 0 saturated heterocycles. The molecule has 6 N–H and O–H groups in total. The van der Waals surface area contributed by atoms with E-state index in [1.807, 2.05) is 46.2 Å². The number of nitrogens with two attached hydrogens (primary N) is 1. The fraction of sp³-hybridized carbons (Fsp3) is 0.130. The number of amides is 1. The third-order valence-electron chi connectivity index (χ3n) is 5.20. The molecule has 33 heavy (non-hydrogen) atoms. The molecule has 10 nitrogen and oxygen atoms in total. The maximum absolute atomic E-state index is 12.6. The molecular formula is C23H22N6O4.